The summed E-state index contributed by atoms with van der Waals surface area (Å²) in [5, 5.41) is 15.3. The lowest BCUT2D eigenvalue weighted by Crippen LogP contribution is -2.36. The first-order valence-electron chi connectivity index (χ1n) is 7.14. The molecule has 2 rings (SSSR count). The van der Waals surface area contributed by atoms with Gasteiger partial charge in [-0.05, 0) is 29.7 Å². The van der Waals surface area contributed by atoms with E-state index in [9.17, 15) is 14.3 Å². The van der Waals surface area contributed by atoms with Crippen LogP contribution in [0.4, 0.5) is 9.18 Å². The molecular weight excluding hydrogens is 283 g/mol. The molecule has 2 amide bonds. The second kappa shape index (κ2) is 8.14. The van der Waals surface area contributed by atoms with Crippen molar-refractivity contribution in [2.45, 2.75) is 19.1 Å². The van der Waals surface area contributed by atoms with Gasteiger partial charge in [-0.3, -0.25) is 0 Å². The van der Waals surface area contributed by atoms with Crippen molar-refractivity contribution in [3.8, 4) is 0 Å². The van der Waals surface area contributed by atoms with E-state index < -0.39 is 6.10 Å². The van der Waals surface area contributed by atoms with Crippen LogP contribution in [0, 0.1) is 5.82 Å². The molecule has 0 unspecified atom stereocenters. The summed E-state index contributed by atoms with van der Waals surface area (Å²) in [5.41, 5.74) is 1.65. The van der Waals surface area contributed by atoms with Crippen LogP contribution in [-0.4, -0.2) is 17.7 Å². The van der Waals surface area contributed by atoms with Gasteiger partial charge in [0.25, 0.3) is 0 Å². The molecule has 2 aromatic rings. The summed E-state index contributed by atoms with van der Waals surface area (Å²) in [6, 6.07) is 14.9. The number of hydrogen-bond donors (Lipinski definition) is 3. The zero-order valence-electron chi connectivity index (χ0n) is 12.1. The average Bonchev–Trinajstić information content (AvgIpc) is 2.55. The van der Waals surface area contributed by atoms with E-state index in [1.165, 1.54) is 12.1 Å². The maximum atomic E-state index is 12.7. The van der Waals surface area contributed by atoms with Gasteiger partial charge < -0.3 is 15.7 Å². The highest BCUT2D eigenvalue weighted by Gasteiger charge is 2.07. The normalized spacial score (nSPS) is 11.7. The molecule has 0 aliphatic carbocycles. The number of urea groups is 1. The van der Waals surface area contributed by atoms with Crippen molar-refractivity contribution in [2.75, 3.05) is 6.54 Å². The maximum absolute atomic E-state index is 12.7. The number of hydrogen-bond acceptors (Lipinski definition) is 2. The molecule has 4 nitrogen and oxygen atoms in total. The van der Waals surface area contributed by atoms with Crippen molar-refractivity contribution in [1.29, 1.82) is 0 Å². The summed E-state index contributed by atoms with van der Waals surface area (Å²) in [7, 11) is 0. The van der Waals surface area contributed by atoms with Crippen molar-refractivity contribution in [1.82, 2.24) is 10.6 Å². The summed E-state index contributed by atoms with van der Waals surface area (Å²) in [6.45, 7) is 0.693. The summed E-state index contributed by atoms with van der Waals surface area (Å²) in [6.07, 6.45) is -0.160. The summed E-state index contributed by atoms with van der Waals surface area (Å²) in [5.74, 6) is -0.303. The molecule has 0 spiro atoms. The smallest absolute Gasteiger partial charge is 0.315 e. The Hall–Kier alpha value is -2.40. The zero-order chi connectivity index (χ0) is 15.8. The van der Waals surface area contributed by atoms with Crippen LogP contribution in [0.25, 0.3) is 0 Å². The molecule has 2 aromatic carbocycles. The fraction of sp³-hybridized carbons (Fsp3) is 0.235. The Bertz CT molecular complexity index is 587. The molecule has 5 heteroatoms. The second-order valence-corrected chi connectivity index (χ2v) is 4.95. The van der Waals surface area contributed by atoms with Crippen molar-refractivity contribution in [3.05, 3.63) is 71.5 Å². The fourth-order valence-corrected chi connectivity index (χ4v) is 2.01. The lowest BCUT2D eigenvalue weighted by Gasteiger charge is -2.12. The Morgan fingerprint density at radius 1 is 1.05 bits per heavy atom. The number of aliphatic hydroxyl groups excluding tert-OH is 1. The van der Waals surface area contributed by atoms with Crippen molar-refractivity contribution < 1.29 is 14.3 Å². The second-order valence-electron chi connectivity index (χ2n) is 4.95. The van der Waals surface area contributed by atoms with E-state index in [-0.39, 0.29) is 11.8 Å². The molecule has 0 saturated heterocycles. The van der Waals surface area contributed by atoms with Gasteiger partial charge >= 0.3 is 6.03 Å². The first-order valence-corrected chi connectivity index (χ1v) is 7.14. The van der Waals surface area contributed by atoms with Gasteiger partial charge in [-0.1, -0.05) is 42.5 Å². The van der Waals surface area contributed by atoms with Gasteiger partial charge in [-0.2, -0.15) is 0 Å². The van der Waals surface area contributed by atoms with E-state index in [0.29, 0.717) is 19.5 Å². The molecule has 1 atom stereocenters. The third-order valence-corrected chi connectivity index (χ3v) is 3.25. The van der Waals surface area contributed by atoms with Crippen LogP contribution in [-0.2, 0) is 6.54 Å². The van der Waals surface area contributed by atoms with Crippen LogP contribution in [0.15, 0.2) is 54.6 Å². The zero-order valence-corrected chi connectivity index (χ0v) is 12.1. The minimum atomic E-state index is -0.599. The lowest BCUT2D eigenvalue weighted by atomic mass is 10.1. The Labute approximate surface area is 129 Å². The van der Waals surface area contributed by atoms with E-state index in [4.69, 9.17) is 0 Å². The molecule has 0 saturated carbocycles. The summed E-state index contributed by atoms with van der Waals surface area (Å²) in [4.78, 5) is 11.6. The number of carbonyl (C=O) groups is 1. The third-order valence-electron chi connectivity index (χ3n) is 3.25. The summed E-state index contributed by atoms with van der Waals surface area (Å²) >= 11 is 0. The van der Waals surface area contributed by atoms with Gasteiger partial charge in [-0.25, -0.2) is 9.18 Å². The number of carbonyl (C=O) groups excluding carboxylic acids is 1. The fourth-order valence-electron chi connectivity index (χ4n) is 2.01. The number of benzene rings is 2. The highest BCUT2D eigenvalue weighted by Crippen LogP contribution is 2.14. The standard InChI is InChI=1S/C17H19FN2O2/c18-15-8-6-13(7-9-15)12-20-17(22)19-11-10-16(21)14-4-2-1-3-5-14/h1-9,16,21H,10-12H2,(H2,19,20,22)/t16-/m1/s1. The van der Waals surface area contributed by atoms with E-state index in [2.05, 4.69) is 10.6 Å². The van der Waals surface area contributed by atoms with Gasteiger partial charge in [0.15, 0.2) is 0 Å². The van der Waals surface area contributed by atoms with Crippen LogP contribution < -0.4 is 10.6 Å². The molecule has 0 aromatic heterocycles. The van der Waals surface area contributed by atoms with E-state index in [1.807, 2.05) is 30.3 Å². The van der Waals surface area contributed by atoms with Crippen LogP contribution in [0.5, 0.6) is 0 Å². The molecule has 0 fully saturated rings. The third kappa shape index (κ3) is 5.18. The predicted octanol–water partition coefficient (Wildman–Crippen LogP) is 2.75. The maximum Gasteiger partial charge on any atom is 0.315 e. The predicted molar refractivity (Wildman–Crippen MR) is 82.7 cm³/mol. The van der Waals surface area contributed by atoms with Crippen molar-refractivity contribution >= 4 is 6.03 Å². The average molecular weight is 302 g/mol. The molecule has 3 N–H and O–H groups in total. The highest BCUT2D eigenvalue weighted by atomic mass is 19.1. The molecule has 0 aliphatic heterocycles. The quantitative estimate of drug-likeness (QED) is 0.768. The van der Waals surface area contributed by atoms with Crippen LogP contribution in [0.2, 0.25) is 0 Å². The molecule has 22 heavy (non-hydrogen) atoms. The summed E-state index contributed by atoms with van der Waals surface area (Å²) < 4.78 is 12.7. The number of halogens is 1. The van der Waals surface area contributed by atoms with Gasteiger partial charge in [0, 0.05) is 13.1 Å². The minimum Gasteiger partial charge on any atom is -0.388 e. The minimum absolute atomic E-state index is 0.303. The van der Waals surface area contributed by atoms with Crippen LogP contribution in [0.3, 0.4) is 0 Å². The molecule has 0 aliphatic rings. The van der Waals surface area contributed by atoms with E-state index in [1.54, 1.807) is 12.1 Å². The Kier molecular flexibility index (Phi) is 5.91. The van der Waals surface area contributed by atoms with Gasteiger partial charge in [0.05, 0.1) is 6.10 Å². The number of aliphatic hydroxyl groups is 1. The molecule has 0 heterocycles. The molecule has 0 bridgehead atoms. The Balaban J connectivity index is 1.66. The number of rotatable bonds is 6. The Morgan fingerprint density at radius 2 is 1.73 bits per heavy atom. The van der Waals surface area contributed by atoms with Crippen LogP contribution in [0.1, 0.15) is 23.7 Å². The molecule has 116 valence electrons. The van der Waals surface area contributed by atoms with E-state index in [0.717, 1.165) is 11.1 Å². The van der Waals surface area contributed by atoms with E-state index >= 15 is 0 Å². The van der Waals surface area contributed by atoms with Crippen molar-refractivity contribution in [3.63, 3.8) is 0 Å². The first kappa shape index (κ1) is 16.0. The molecular formula is C17H19FN2O2. The number of amides is 2. The number of nitrogens with one attached hydrogen (secondary N) is 2. The first-order chi connectivity index (χ1) is 10.6. The van der Waals surface area contributed by atoms with Gasteiger partial charge in [0.2, 0.25) is 0 Å². The topological polar surface area (TPSA) is 61.4 Å². The Morgan fingerprint density at radius 3 is 2.41 bits per heavy atom. The SMILES string of the molecule is O=C(NCC[C@@H](O)c1ccccc1)NCc1ccc(F)cc1. The lowest BCUT2D eigenvalue weighted by molar-refractivity contribution is 0.167. The largest absolute Gasteiger partial charge is 0.388 e. The monoisotopic (exact) mass is 302 g/mol. The van der Waals surface area contributed by atoms with Crippen LogP contribution >= 0.6 is 0 Å². The highest BCUT2D eigenvalue weighted by molar-refractivity contribution is 5.73. The molecule has 0 radical (unpaired) electrons. The van der Waals surface area contributed by atoms with Gasteiger partial charge in [-0.15, -0.1) is 0 Å². The van der Waals surface area contributed by atoms with Gasteiger partial charge in [0.1, 0.15) is 5.82 Å². The van der Waals surface area contributed by atoms with Crippen molar-refractivity contribution in [2.24, 2.45) is 0 Å².